The first-order valence-electron chi connectivity index (χ1n) is 24.4. The number of carbonyl (C=O) groups is 2. The first-order chi connectivity index (χ1) is 28.4. The molecule has 0 aliphatic rings. The third-order valence-corrected chi connectivity index (χ3v) is 9.78. The van der Waals surface area contributed by atoms with E-state index < -0.39 is 0 Å². The van der Waals surface area contributed by atoms with Crippen molar-refractivity contribution in [3.8, 4) is 0 Å². The molecule has 0 aliphatic carbocycles. The van der Waals surface area contributed by atoms with Crippen LogP contribution in [0.2, 0.25) is 0 Å². The second kappa shape index (κ2) is 64.0. The SMILES string of the molecule is C=CCCCCCCCC(=O)OCC.C=CCCCCCCCCO.C=CCCCCCCCCOC(=O)CCCCCCCC=C.CCCCCCCCCCO. The van der Waals surface area contributed by atoms with Gasteiger partial charge in [-0.25, -0.2) is 0 Å². The van der Waals surface area contributed by atoms with Crippen LogP contribution in [0.15, 0.2) is 50.6 Å². The predicted octanol–water partition coefficient (Wildman–Crippen LogP) is 15.8. The highest BCUT2D eigenvalue weighted by Gasteiger charge is 2.03. The van der Waals surface area contributed by atoms with E-state index in [0.29, 0.717) is 39.3 Å². The van der Waals surface area contributed by atoms with Gasteiger partial charge < -0.3 is 19.7 Å². The Labute approximate surface area is 362 Å². The highest BCUT2D eigenvalue weighted by atomic mass is 16.5. The van der Waals surface area contributed by atoms with Crippen LogP contribution in [0, 0.1) is 0 Å². The molecule has 0 spiro atoms. The minimum atomic E-state index is -0.0569. The molecule has 0 atom stereocenters. The summed E-state index contributed by atoms with van der Waals surface area (Å²) in [5.74, 6) is -0.0735. The van der Waals surface area contributed by atoms with Crippen molar-refractivity contribution in [1.82, 2.24) is 0 Å². The van der Waals surface area contributed by atoms with Gasteiger partial charge in [0.15, 0.2) is 0 Å². The van der Waals surface area contributed by atoms with E-state index in [2.05, 4.69) is 33.2 Å². The highest BCUT2D eigenvalue weighted by molar-refractivity contribution is 5.69. The van der Waals surface area contributed by atoms with Gasteiger partial charge in [-0.2, -0.15) is 0 Å². The molecule has 0 heterocycles. The van der Waals surface area contributed by atoms with Crippen LogP contribution in [0.5, 0.6) is 0 Å². The third kappa shape index (κ3) is 71.5. The molecular weight excluding hydrogens is 721 g/mol. The molecule has 0 radical (unpaired) electrons. The lowest BCUT2D eigenvalue weighted by Crippen LogP contribution is -2.05. The van der Waals surface area contributed by atoms with E-state index in [9.17, 15) is 9.59 Å². The number of aliphatic hydroxyl groups excluding tert-OH is 2. The van der Waals surface area contributed by atoms with Crippen LogP contribution in [-0.2, 0) is 19.1 Å². The van der Waals surface area contributed by atoms with Gasteiger partial charge in [0.1, 0.15) is 0 Å². The molecule has 0 aromatic carbocycles. The first-order valence-corrected chi connectivity index (χ1v) is 24.4. The monoisotopic (exact) mass is 821 g/mol. The molecule has 0 amide bonds. The van der Waals surface area contributed by atoms with Crippen molar-refractivity contribution in [2.75, 3.05) is 26.4 Å². The number of ether oxygens (including phenoxy) is 2. The quantitative estimate of drug-likeness (QED) is 0.0362. The molecule has 0 aromatic heterocycles. The topological polar surface area (TPSA) is 93.1 Å². The zero-order valence-corrected chi connectivity index (χ0v) is 38.9. The maximum absolute atomic E-state index is 11.5. The van der Waals surface area contributed by atoms with E-state index in [1.54, 1.807) is 0 Å². The molecular formula is C52H100O6. The number of aliphatic hydroxyl groups is 2. The normalized spacial score (nSPS) is 10.1. The Morgan fingerprint density at radius 3 is 0.966 bits per heavy atom. The average molecular weight is 821 g/mol. The van der Waals surface area contributed by atoms with E-state index in [1.165, 1.54) is 148 Å². The van der Waals surface area contributed by atoms with Crippen LogP contribution in [0.25, 0.3) is 0 Å². The Kier molecular flexibility index (Phi) is 68.9. The first kappa shape index (κ1) is 62.5. The fourth-order valence-corrected chi connectivity index (χ4v) is 6.12. The Hall–Kier alpha value is -2.18. The van der Waals surface area contributed by atoms with Gasteiger partial charge in [0.25, 0.3) is 0 Å². The Morgan fingerprint density at radius 1 is 0.379 bits per heavy atom. The summed E-state index contributed by atoms with van der Waals surface area (Å²) in [7, 11) is 0. The van der Waals surface area contributed by atoms with Crippen LogP contribution in [0.1, 0.15) is 245 Å². The molecule has 0 fully saturated rings. The molecule has 58 heavy (non-hydrogen) atoms. The predicted molar refractivity (Wildman–Crippen MR) is 254 cm³/mol. The summed E-state index contributed by atoms with van der Waals surface area (Å²) in [6, 6.07) is 0. The fourth-order valence-electron chi connectivity index (χ4n) is 6.12. The minimum absolute atomic E-state index is 0.0166. The molecule has 0 aliphatic heterocycles. The number of allylic oxidation sites excluding steroid dienone is 4. The zero-order chi connectivity index (χ0) is 43.7. The van der Waals surface area contributed by atoms with Crippen molar-refractivity contribution < 1.29 is 29.3 Å². The average Bonchev–Trinajstić information content (AvgIpc) is 3.22. The van der Waals surface area contributed by atoms with E-state index in [0.717, 1.165) is 70.6 Å². The number of esters is 2. The molecule has 2 N–H and O–H groups in total. The maximum atomic E-state index is 11.5. The van der Waals surface area contributed by atoms with E-state index in [4.69, 9.17) is 19.7 Å². The van der Waals surface area contributed by atoms with Crippen LogP contribution in [-0.4, -0.2) is 48.6 Å². The lowest BCUT2D eigenvalue weighted by atomic mass is 10.1. The summed E-state index contributed by atoms with van der Waals surface area (Å²) >= 11 is 0. The number of hydrogen-bond acceptors (Lipinski definition) is 6. The van der Waals surface area contributed by atoms with Crippen molar-refractivity contribution in [3.63, 3.8) is 0 Å². The number of hydrogen-bond donors (Lipinski definition) is 2. The minimum Gasteiger partial charge on any atom is -0.466 e. The van der Waals surface area contributed by atoms with E-state index in [-0.39, 0.29) is 11.9 Å². The van der Waals surface area contributed by atoms with Crippen LogP contribution >= 0.6 is 0 Å². The lowest BCUT2D eigenvalue weighted by molar-refractivity contribution is -0.144. The van der Waals surface area contributed by atoms with Crippen LogP contribution in [0.3, 0.4) is 0 Å². The Bertz CT molecular complexity index is 802. The maximum Gasteiger partial charge on any atom is 0.305 e. The van der Waals surface area contributed by atoms with Gasteiger partial charge in [0.2, 0.25) is 0 Å². The summed E-state index contributed by atoms with van der Waals surface area (Å²) in [5, 5.41) is 17.0. The molecule has 0 rings (SSSR count). The Balaban J connectivity index is -0.000000352. The van der Waals surface area contributed by atoms with E-state index >= 15 is 0 Å². The van der Waals surface area contributed by atoms with Gasteiger partial charge in [-0.15, -0.1) is 26.3 Å². The molecule has 6 heteroatoms. The van der Waals surface area contributed by atoms with E-state index in [1.807, 2.05) is 31.2 Å². The number of unbranched alkanes of at least 4 members (excludes halogenated alkanes) is 29. The zero-order valence-electron chi connectivity index (χ0n) is 38.9. The molecule has 0 saturated heterocycles. The highest BCUT2D eigenvalue weighted by Crippen LogP contribution is 2.11. The Morgan fingerprint density at radius 2 is 0.655 bits per heavy atom. The van der Waals surface area contributed by atoms with Crippen molar-refractivity contribution in [2.24, 2.45) is 0 Å². The third-order valence-electron chi connectivity index (χ3n) is 9.78. The smallest absolute Gasteiger partial charge is 0.305 e. The van der Waals surface area contributed by atoms with Crippen molar-refractivity contribution in [3.05, 3.63) is 50.6 Å². The van der Waals surface area contributed by atoms with Crippen LogP contribution in [0.4, 0.5) is 0 Å². The molecule has 6 nitrogen and oxygen atoms in total. The van der Waals surface area contributed by atoms with Gasteiger partial charge in [0.05, 0.1) is 13.2 Å². The molecule has 0 saturated carbocycles. The molecule has 0 unspecified atom stereocenters. The number of carbonyl (C=O) groups excluding carboxylic acids is 2. The van der Waals surface area contributed by atoms with Gasteiger partial charge in [-0.05, 0) is 90.4 Å². The van der Waals surface area contributed by atoms with Gasteiger partial charge in [-0.1, -0.05) is 166 Å². The summed E-state index contributed by atoms with van der Waals surface area (Å²) in [6.45, 7) is 20.7. The van der Waals surface area contributed by atoms with Crippen LogP contribution < -0.4 is 0 Å². The van der Waals surface area contributed by atoms with Crippen molar-refractivity contribution in [2.45, 2.75) is 245 Å². The van der Waals surface area contributed by atoms with Gasteiger partial charge >= 0.3 is 11.9 Å². The summed E-state index contributed by atoms with van der Waals surface area (Å²) in [5.41, 5.74) is 0. The summed E-state index contributed by atoms with van der Waals surface area (Å²) in [4.78, 5) is 22.5. The van der Waals surface area contributed by atoms with Gasteiger partial charge in [0, 0.05) is 26.1 Å². The fraction of sp³-hybridized carbons (Fsp3) is 0.808. The summed E-state index contributed by atoms with van der Waals surface area (Å²) < 4.78 is 10.1. The second-order valence-electron chi connectivity index (χ2n) is 15.5. The molecule has 0 bridgehead atoms. The van der Waals surface area contributed by atoms with Gasteiger partial charge in [-0.3, -0.25) is 9.59 Å². The largest absolute Gasteiger partial charge is 0.466 e. The second-order valence-corrected chi connectivity index (χ2v) is 15.5. The standard InChI is InChI=1S/C20H36O2.C12H22O2.C10H22O.C10H20O/c1-3-5-7-9-11-13-15-17-19-22-20(21)18-16-14-12-10-8-6-4-2;1-3-5-6-7-8-9-10-11-12(13)14-4-2;2*1-2-3-4-5-6-7-8-9-10-11/h3-4H,1-2,5-19H2;3H,1,4-11H2,2H3;11H,2-10H2,1H3;2,11H,1,3-10H2. The van der Waals surface area contributed by atoms with Crippen molar-refractivity contribution >= 4 is 11.9 Å². The summed E-state index contributed by atoms with van der Waals surface area (Å²) in [6.07, 6.45) is 50.1. The molecule has 0 aromatic rings. The van der Waals surface area contributed by atoms with Crippen molar-refractivity contribution in [1.29, 1.82) is 0 Å². The molecule has 344 valence electrons. The number of rotatable bonds is 42. The lowest BCUT2D eigenvalue weighted by Gasteiger charge is -2.05.